The minimum absolute atomic E-state index is 0.0407. The van der Waals surface area contributed by atoms with Crippen molar-refractivity contribution in [1.29, 1.82) is 0 Å². The molecule has 0 radical (unpaired) electrons. The zero-order chi connectivity index (χ0) is 19.1. The minimum Gasteiger partial charge on any atom is -0.497 e. The maximum Gasteiger partial charge on any atom is 0.226 e. The zero-order valence-electron chi connectivity index (χ0n) is 15.1. The van der Waals surface area contributed by atoms with Gasteiger partial charge in [-0.2, -0.15) is 0 Å². The highest BCUT2D eigenvalue weighted by Gasteiger charge is 2.12. The van der Waals surface area contributed by atoms with E-state index in [0.717, 1.165) is 27.7 Å². The average Bonchev–Trinajstić information content (AvgIpc) is 3.16. The van der Waals surface area contributed by atoms with E-state index in [1.54, 1.807) is 26.0 Å². The topological polar surface area (TPSA) is 60.5 Å². The van der Waals surface area contributed by atoms with Crippen molar-refractivity contribution in [2.24, 2.45) is 0 Å². The summed E-state index contributed by atoms with van der Waals surface area (Å²) in [5.74, 6) is 2.08. The number of hydrogen-bond acceptors (Lipinski definition) is 6. The van der Waals surface area contributed by atoms with Crippen molar-refractivity contribution in [2.45, 2.75) is 11.3 Å². The lowest BCUT2D eigenvalue weighted by Gasteiger charge is -2.08. The van der Waals surface area contributed by atoms with E-state index in [0.29, 0.717) is 17.3 Å². The van der Waals surface area contributed by atoms with Gasteiger partial charge >= 0.3 is 0 Å². The van der Waals surface area contributed by atoms with E-state index >= 15 is 0 Å². The number of nitrogens with zero attached hydrogens (tertiary/aromatic N) is 1. The Morgan fingerprint density at radius 2 is 1.96 bits per heavy atom. The second kappa shape index (κ2) is 9.43. The van der Waals surface area contributed by atoms with Crippen LogP contribution in [0.3, 0.4) is 0 Å². The number of ether oxygens (including phenoxy) is 2. The van der Waals surface area contributed by atoms with Gasteiger partial charge in [-0.05, 0) is 24.3 Å². The molecule has 0 unspecified atom stereocenters. The fourth-order valence-corrected chi connectivity index (χ4v) is 4.02. The lowest BCUT2D eigenvalue weighted by Crippen LogP contribution is -2.11. The third-order valence-corrected chi connectivity index (χ3v) is 5.55. The first-order chi connectivity index (χ1) is 13.2. The molecule has 3 aromatic rings. The number of hydrogen-bond donors (Lipinski definition) is 1. The molecule has 7 heteroatoms. The molecule has 5 nitrogen and oxygen atoms in total. The van der Waals surface area contributed by atoms with Gasteiger partial charge in [-0.25, -0.2) is 4.98 Å². The summed E-state index contributed by atoms with van der Waals surface area (Å²) < 4.78 is 10.6. The molecule has 0 aliphatic heterocycles. The second-order valence-corrected chi connectivity index (χ2v) is 7.59. The zero-order valence-corrected chi connectivity index (χ0v) is 16.7. The second-order valence-electron chi connectivity index (χ2n) is 5.56. The quantitative estimate of drug-likeness (QED) is 0.542. The first kappa shape index (κ1) is 19.3. The minimum atomic E-state index is -0.0407. The number of thioether (sulfide) groups is 1. The summed E-state index contributed by atoms with van der Waals surface area (Å²) >= 11 is 3.06. The summed E-state index contributed by atoms with van der Waals surface area (Å²) in [7, 11) is 3.22. The summed E-state index contributed by atoms with van der Waals surface area (Å²) in [4.78, 5) is 17.8. The normalized spacial score (nSPS) is 10.4. The molecule has 1 heterocycles. The summed E-state index contributed by atoms with van der Waals surface area (Å²) in [5.41, 5.74) is 1.61. The number of aromatic nitrogens is 1. The van der Waals surface area contributed by atoms with Gasteiger partial charge in [-0.1, -0.05) is 18.2 Å². The highest BCUT2D eigenvalue weighted by Crippen LogP contribution is 2.34. The van der Waals surface area contributed by atoms with Crippen molar-refractivity contribution in [3.05, 3.63) is 53.9 Å². The van der Waals surface area contributed by atoms with Gasteiger partial charge in [0.15, 0.2) is 5.13 Å². The smallest absolute Gasteiger partial charge is 0.226 e. The standard InChI is InChI=1S/C20H20N2O3S2/c1-24-14-8-9-16(18(12-14)25-2)17-13-27-20(21-17)22-19(23)10-11-26-15-6-4-3-5-7-15/h3-9,12-13H,10-11H2,1-2H3,(H,21,22,23). The van der Waals surface area contributed by atoms with Crippen LogP contribution in [0.25, 0.3) is 11.3 Å². The molecule has 1 N–H and O–H groups in total. The first-order valence-electron chi connectivity index (χ1n) is 8.35. The van der Waals surface area contributed by atoms with Crippen LogP contribution in [0, 0.1) is 0 Å². The van der Waals surface area contributed by atoms with E-state index in [-0.39, 0.29) is 5.91 Å². The van der Waals surface area contributed by atoms with E-state index in [4.69, 9.17) is 9.47 Å². The molecule has 0 saturated carbocycles. The van der Waals surface area contributed by atoms with Crippen molar-refractivity contribution in [3.8, 4) is 22.8 Å². The highest BCUT2D eigenvalue weighted by atomic mass is 32.2. The summed E-state index contributed by atoms with van der Waals surface area (Å²) in [6, 6.07) is 15.6. The van der Waals surface area contributed by atoms with Crippen molar-refractivity contribution in [1.82, 2.24) is 4.98 Å². The van der Waals surface area contributed by atoms with Crippen LogP contribution in [0.1, 0.15) is 6.42 Å². The molecule has 27 heavy (non-hydrogen) atoms. The van der Waals surface area contributed by atoms with Crippen molar-refractivity contribution < 1.29 is 14.3 Å². The number of nitrogens with one attached hydrogen (secondary N) is 1. The van der Waals surface area contributed by atoms with Gasteiger partial charge in [-0.3, -0.25) is 4.79 Å². The molecule has 0 bridgehead atoms. The molecule has 3 rings (SSSR count). The van der Waals surface area contributed by atoms with Crippen LogP contribution < -0.4 is 14.8 Å². The predicted molar refractivity (Wildman–Crippen MR) is 111 cm³/mol. The lowest BCUT2D eigenvalue weighted by molar-refractivity contribution is -0.115. The van der Waals surface area contributed by atoms with Crippen LogP contribution in [0.4, 0.5) is 5.13 Å². The van der Waals surface area contributed by atoms with E-state index in [1.165, 1.54) is 11.3 Å². The molecule has 2 aromatic carbocycles. The number of methoxy groups -OCH3 is 2. The number of rotatable bonds is 8. The fraction of sp³-hybridized carbons (Fsp3) is 0.200. The Morgan fingerprint density at radius 3 is 2.70 bits per heavy atom. The molecule has 1 aromatic heterocycles. The molecule has 0 fully saturated rings. The number of carbonyl (C=O) groups is 1. The number of thiazole rings is 1. The van der Waals surface area contributed by atoms with Gasteiger partial charge < -0.3 is 14.8 Å². The maximum absolute atomic E-state index is 12.2. The highest BCUT2D eigenvalue weighted by molar-refractivity contribution is 7.99. The number of benzene rings is 2. The Balaban J connectivity index is 1.58. The summed E-state index contributed by atoms with van der Waals surface area (Å²) in [6.07, 6.45) is 0.431. The van der Waals surface area contributed by atoms with Crippen LogP contribution in [0.15, 0.2) is 58.8 Å². The van der Waals surface area contributed by atoms with Crippen LogP contribution in [-0.2, 0) is 4.79 Å². The Morgan fingerprint density at radius 1 is 1.15 bits per heavy atom. The first-order valence-corrected chi connectivity index (χ1v) is 10.2. The van der Waals surface area contributed by atoms with Gasteiger partial charge in [0.05, 0.1) is 19.9 Å². The predicted octanol–water partition coefficient (Wildman–Crippen LogP) is 4.95. The van der Waals surface area contributed by atoms with Gasteiger partial charge in [0.1, 0.15) is 11.5 Å². The molecule has 140 valence electrons. The number of anilines is 1. The third-order valence-electron chi connectivity index (χ3n) is 3.78. The van der Waals surface area contributed by atoms with E-state index in [1.807, 2.05) is 53.9 Å². The third kappa shape index (κ3) is 5.24. The van der Waals surface area contributed by atoms with Crippen molar-refractivity contribution >= 4 is 34.1 Å². The Kier molecular flexibility index (Phi) is 6.73. The van der Waals surface area contributed by atoms with Crippen LogP contribution >= 0.6 is 23.1 Å². The Bertz CT molecular complexity index is 897. The van der Waals surface area contributed by atoms with E-state index < -0.39 is 0 Å². The molecule has 0 saturated heterocycles. The van der Waals surface area contributed by atoms with Gasteiger partial charge in [0.25, 0.3) is 0 Å². The molecular formula is C20H20N2O3S2. The largest absolute Gasteiger partial charge is 0.497 e. The Labute approximate surface area is 166 Å². The molecule has 0 atom stereocenters. The lowest BCUT2D eigenvalue weighted by atomic mass is 10.1. The van der Waals surface area contributed by atoms with Gasteiger partial charge in [0, 0.05) is 34.1 Å². The van der Waals surface area contributed by atoms with E-state index in [9.17, 15) is 4.79 Å². The average molecular weight is 401 g/mol. The SMILES string of the molecule is COc1ccc(-c2csc(NC(=O)CCSc3ccccc3)n2)c(OC)c1. The van der Waals surface area contributed by atoms with E-state index in [2.05, 4.69) is 10.3 Å². The molecule has 0 spiro atoms. The van der Waals surface area contributed by atoms with Crippen molar-refractivity contribution in [2.75, 3.05) is 25.3 Å². The van der Waals surface area contributed by atoms with Gasteiger partial charge in [0.2, 0.25) is 5.91 Å². The van der Waals surface area contributed by atoms with Crippen molar-refractivity contribution in [3.63, 3.8) is 0 Å². The molecule has 1 amide bonds. The maximum atomic E-state index is 12.2. The number of carbonyl (C=O) groups excluding carboxylic acids is 1. The summed E-state index contributed by atoms with van der Waals surface area (Å²) in [6.45, 7) is 0. The monoisotopic (exact) mass is 400 g/mol. The summed E-state index contributed by atoms with van der Waals surface area (Å²) in [5, 5.41) is 5.35. The molecule has 0 aliphatic carbocycles. The van der Waals surface area contributed by atoms with Crippen LogP contribution in [0.5, 0.6) is 11.5 Å². The van der Waals surface area contributed by atoms with Crippen LogP contribution in [0.2, 0.25) is 0 Å². The number of amides is 1. The fourth-order valence-electron chi connectivity index (χ4n) is 2.43. The van der Waals surface area contributed by atoms with Gasteiger partial charge in [-0.15, -0.1) is 23.1 Å². The molecule has 0 aliphatic rings. The van der Waals surface area contributed by atoms with Crippen LogP contribution in [-0.4, -0.2) is 30.9 Å². The Hall–Kier alpha value is -2.51. The molecular weight excluding hydrogens is 380 g/mol.